The quantitative estimate of drug-likeness (QED) is 0.825. The molecule has 0 spiro atoms. The highest BCUT2D eigenvalue weighted by molar-refractivity contribution is 5.43. The second-order valence-corrected chi connectivity index (χ2v) is 4.39. The van der Waals surface area contributed by atoms with Crippen LogP contribution in [0.15, 0.2) is 6.07 Å². The average molecular weight is 224 g/mol. The molecule has 16 heavy (non-hydrogen) atoms. The monoisotopic (exact) mass is 224 g/mol. The number of nitrogens with two attached hydrogens (primary N) is 1. The topological polar surface area (TPSA) is 64.3 Å². The van der Waals surface area contributed by atoms with Crippen molar-refractivity contribution in [2.24, 2.45) is 5.73 Å². The van der Waals surface area contributed by atoms with Gasteiger partial charge in [-0.2, -0.15) is 4.98 Å². The predicted octanol–water partition coefficient (Wildman–Crippen LogP) is 0.967. The van der Waals surface area contributed by atoms with Gasteiger partial charge in [0.25, 0.3) is 0 Å². The first kappa shape index (κ1) is 12.7. The number of aryl methyl sites for hydroxylation is 1. The average Bonchev–Trinajstić information content (AvgIpc) is 2.27. The lowest BCUT2D eigenvalue weighted by molar-refractivity contribution is 0.394. The Morgan fingerprint density at radius 2 is 2.06 bits per heavy atom. The van der Waals surface area contributed by atoms with Crippen molar-refractivity contribution in [1.29, 1.82) is 0 Å². The lowest BCUT2D eigenvalue weighted by Gasteiger charge is -2.35. The fourth-order valence-electron chi connectivity index (χ4n) is 1.25. The van der Waals surface area contributed by atoms with Crippen LogP contribution in [0.4, 0.5) is 5.82 Å². The van der Waals surface area contributed by atoms with Gasteiger partial charge in [0, 0.05) is 25.2 Å². The van der Waals surface area contributed by atoms with Crippen molar-refractivity contribution in [1.82, 2.24) is 9.97 Å². The van der Waals surface area contributed by atoms with Crippen molar-refractivity contribution in [3.63, 3.8) is 0 Å². The minimum Gasteiger partial charge on any atom is -0.481 e. The zero-order valence-corrected chi connectivity index (χ0v) is 10.6. The van der Waals surface area contributed by atoms with Crippen LogP contribution in [0, 0.1) is 6.92 Å². The molecule has 0 radical (unpaired) electrons. The number of rotatable bonds is 4. The van der Waals surface area contributed by atoms with Gasteiger partial charge in [0.1, 0.15) is 11.6 Å². The number of hydrogen-bond acceptors (Lipinski definition) is 5. The number of aromatic nitrogens is 2. The first-order chi connectivity index (χ1) is 7.40. The molecule has 0 bridgehead atoms. The Balaban J connectivity index is 3.08. The highest BCUT2D eigenvalue weighted by Crippen LogP contribution is 2.22. The molecule has 0 aromatic carbocycles. The summed E-state index contributed by atoms with van der Waals surface area (Å²) in [6, 6.07) is 1.81. The second-order valence-electron chi connectivity index (χ2n) is 4.39. The minimum absolute atomic E-state index is 0.147. The highest BCUT2D eigenvalue weighted by Gasteiger charge is 2.23. The first-order valence-corrected chi connectivity index (χ1v) is 5.24. The molecule has 0 saturated heterocycles. The van der Waals surface area contributed by atoms with Crippen LogP contribution in [-0.2, 0) is 0 Å². The molecule has 0 aliphatic carbocycles. The molecule has 2 N–H and O–H groups in total. The zero-order valence-electron chi connectivity index (χ0n) is 10.6. The Morgan fingerprint density at radius 1 is 1.44 bits per heavy atom. The van der Waals surface area contributed by atoms with Crippen LogP contribution >= 0.6 is 0 Å². The van der Waals surface area contributed by atoms with Crippen LogP contribution < -0.4 is 15.4 Å². The van der Waals surface area contributed by atoms with Gasteiger partial charge in [-0.25, -0.2) is 4.98 Å². The predicted molar refractivity (Wildman–Crippen MR) is 64.9 cm³/mol. The standard InChI is InChI=1S/C11H20N4O/c1-8-13-9(6-10(14-8)16-5)15(4)11(2,3)7-12/h6H,7,12H2,1-5H3. The van der Waals surface area contributed by atoms with Gasteiger partial charge < -0.3 is 15.4 Å². The molecule has 0 unspecified atom stereocenters. The third-order valence-electron chi connectivity index (χ3n) is 2.76. The molecule has 1 heterocycles. The number of likely N-dealkylation sites (N-methyl/N-ethyl adjacent to an activating group) is 1. The minimum atomic E-state index is -0.147. The number of ether oxygens (including phenoxy) is 1. The molecule has 5 heteroatoms. The third kappa shape index (κ3) is 2.61. The Bertz CT molecular complexity index is 365. The Morgan fingerprint density at radius 3 is 2.56 bits per heavy atom. The van der Waals surface area contributed by atoms with Crippen molar-refractivity contribution < 1.29 is 4.74 Å². The van der Waals surface area contributed by atoms with Crippen LogP contribution in [0.5, 0.6) is 5.88 Å². The molecule has 1 rings (SSSR count). The molecule has 0 aliphatic rings. The summed E-state index contributed by atoms with van der Waals surface area (Å²) in [6.07, 6.45) is 0. The Hall–Kier alpha value is -1.36. The van der Waals surface area contributed by atoms with Crippen molar-refractivity contribution in [3.05, 3.63) is 11.9 Å². The summed E-state index contributed by atoms with van der Waals surface area (Å²) in [7, 11) is 3.56. The first-order valence-electron chi connectivity index (χ1n) is 5.24. The van der Waals surface area contributed by atoms with E-state index >= 15 is 0 Å². The molecular formula is C11H20N4O. The van der Waals surface area contributed by atoms with Gasteiger partial charge in [-0.3, -0.25) is 0 Å². The molecular weight excluding hydrogens is 204 g/mol. The molecule has 0 amide bonds. The van der Waals surface area contributed by atoms with Crippen LogP contribution in [0.25, 0.3) is 0 Å². The van der Waals surface area contributed by atoms with Crippen LogP contribution in [0.3, 0.4) is 0 Å². The van der Waals surface area contributed by atoms with E-state index in [1.54, 1.807) is 7.11 Å². The van der Waals surface area contributed by atoms with Crippen LogP contribution in [-0.4, -0.2) is 36.2 Å². The van der Waals surface area contributed by atoms with E-state index in [0.29, 0.717) is 18.2 Å². The van der Waals surface area contributed by atoms with Gasteiger partial charge in [0.15, 0.2) is 0 Å². The molecule has 1 aromatic heterocycles. The SMILES string of the molecule is COc1cc(N(C)C(C)(C)CN)nc(C)n1. The maximum absolute atomic E-state index is 5.74. The maximum atomic E-state index is 5.74. The molecule has 1 aromatic rings. The summed E-state index contributed by atoms with van der Waals surface area (Å²) in [5.41, 5.74) is 5.59. The number of nitrogens with zero attached hydrogens (tertiary/aromatic N) is 3. The normalized spacial score (nSPS) is 11.4. The van der Waals surface area contributed by atoms with Crippen molar-refractivity contribution in [2.45, 2.75) is 26.3 Å². The van der Waals surface area contributed by atoms with E-state index in [1.165, 1.54) is 0 Å². The van der Waals surface area contributed by atoms with Gasteiger partial charge >= 0.3 is 0 Å². The fraction of sp³-hybridized carbons (Fsp3) is 0.636. The van der Waals surface area contributed by atoms with Crippen molar-refractivity contribution in [2.75, 3.05) is 25.6 Å². The van der Waals surface area contributed by atoms with E-state index in [9.17, 15) is 0 Å². The highest BCUT2D eigenvalue weighted by atomic mass is 16.5. The van der Waals surface area contributed by atoms with E-state index in [-0.39, 0.29) is 5.54 Å². The molecule has 0 saturated carbocycles. The smallest absolute Gasteiger partial charge is 0.218 e. The molecule has 0 atom stereocenters. The van der Waals surface area contributed by atoms with Crippen molar-refractivity contribution in [3.8, 4) is 5.88 Å². The summed E-state index contributed by atoms with van der Waals surface area (Å²) in [5.74, 6) is 2.08. The Kier molecular flexibility index (Phi) is 3.70. The second kappa shape index (κ2) is 4.65. The summed E-state index contributed by atoms with van der Waals surface area (Å²) < 4.78 is 5.12. The van der Waals surface area contributed by atoms with Gasteiger partial charge in [-0.05, 0) is 20.8 Å². The molecule has 0 aliphatic heterocycles. The molecule has 5 nitrogen and oxygen atoms in total. The van der Waals surface area contributed by atoms with E-state index < -0.39 is 0 Å². The van der Waals surface area contributed by atoms with Gasteiger partial charge in [0.2, 0.25) is 5.88 Å². The number of methoxy groups -OCH3 is 1. The van der Waals surface area contributed by atoms with E-state index in [1.807, 2.05) is 24.9 Å². The summed E-state index contributed by atoms with van der Waals surface area (Å²) in [6.45, 7) is 6.53. The van der Waals surface area contributed by atoms with Crippen molar-refractivity contribution >= 4 is 5.82 Å². The van der Waals surface area contributed by atoms with E-state index in [0.717, 1.165) is 5.82 Å². The fourth-order valence-corrected chi connectivity index (χ4v) is 1.25. The van der Waals surface area contributed by atoms with Gasteiger partial charge in [0.05, 0.1) is 7.11 Å². The van der Waals surface area contributed by atoms with Crippen LogP contribution in [0.2, 0.25) is 0 Å². The maximum Gasteiger partial charge on any atom is 0.218 e. The zero-order chi connectivity index (χ0) is 12.3. The lowest BCUT2D eigenvalue weighted by Crippen LogP contribution is -2.47. The lowest BCUT2D eigenvalue weighted by atomic mass is 10.0. The van der Waals surface area contributed by atoms with Gasteiger partial charge in [-0.15, -0.1) is 0 Å². The van der Waals surface area contributed by atoms with Crippen LogP contribution in [0.1, 0.15) is 19.7 Å². The Labute approximate surface area is 96.6 Å². The summed E-state index contributed by atoms with van der Waals surface area (Å²) in [4.78, 5) is 10.6. The third-order valence-corrected chi connectivity index (χ3v) is 2.76. The van der Waals surface area contributed by atoms with Gasteiger partial charge in [-0.1, -0.05) is 0 Å². The van der Waals surface area contributed by atoms with E-state index in [4.69, 9.17) is 10.5 Å². The molecule has 90 valence electrons. The largest absolute Gasteiger partial charge is 0.481 e. The molecule has 0 fully saturated rings. The summed E-state index contributed by atoms with van der Waals surface area (Å²) >= 11 is 0. The van der Waals surface area contributed by atoms with E-state index in [2.05, 4.69) is 23.8 Å². The number of hydrogen-bond donors (Lipinski definition) is 1. The summed E-state index contributed by atoms with van der Waals surface area (Å²) in [5, 5.41) is 0. The number of anilines is 1.